The molecule has 3 amide bonds. The van der Waals surface area contributed by atoms with Crippen molar-refractivity contribution in [3.63, 3.8) is 0 Å². The summed E-state index contributed by atoms with van der Waals surface area (Å²) in [5.74, 6) is -0.151. The largest absolute Gasteiger partial charge is 0.377 e. The van der Waals surface area contributed by atoms with E-state index in [9.17, 15) is 14.4 Å². The minimum Gasteiger partial charge on any atom is -0.377 e. The van der Waals surface area contributed by atoms with Gasteiger partial charge in [-0.05, 0) is 61.7 Å². The number of H-pyrrole nitrogens is 1. The topological polar surface area (TPSA) is 133 Å². The summed E-state index contributed by atoms with van der Waals surface area (Å²) in [5, 5.41) is 13.5. The van der Waals surface area contributed by atoms with Crippen LogP contribution in [0.1, 0.15) is 47.2 Å². The fourth-order valence-electron chi connectivity index (χ4n) is 5.86. The number of imide groups is 1. The minimum atomic E-state index is -0.632. The number of rotatable bonds is 6. The number of aromatic amines is 1. The second-order valence-electron chi connectivity index (χ2n) is 10.6. The molecule has 1 aromatic carbocycles. The first-order chi connectivity index (χ1) is 18.5. The third-order valence-electron chi connectivity index (χ3n) is 8.00. The van der Waals surface area contributed by atoms with Gasteiger partial charge in [0.15, 0.2) is 5.82 Å². The molecule has 11 heteroatoms. The van der Waals surface area contributed by atoms with Gasteiger partial charge in [-0.15, -0.1) is 0 Å². The number of amides is 3. The van der Waals surface area contributed by atoms with Gasteiger partial charge >= 0.3 is 0 Å². The van der Waals surface area contributed by atoms with Gasteiger partial charge < -0.3 is 15.0 Å². The van der Waals surface area contributed by atoms with E-state index in [2.05, 4.69) is 31.8 Å². The van der Waals surface area contributed by atoms with Crippen LogP contribution in [0.5, 0.6) is 0 Å². The summed E-state index contributed by atoms with van der Waals surface area (Å²) in [4.78, 5) is 46.2. The fraction of sp³-hybridized carbons (Fsp3) is 0.444. The average molecular weight is 516 g/mol. The summed E-state index contributed by atoms with van der Waals surface area (Å²) in [6.07, 6.45) is 3.00. The molecule has 1 unspecified atom stereocenters. The lowest BCUT2D eigenvalue weighted by atomic mass is 10.0. The number of ether oxygens (including phenoxy) is 1. The summed E-state index contributed by atoms with van der Waals surface area (Å²) >= 11 is 0. The SMILES string of the molecule is O=C1CCC(N2Cc3cc(-c4cc(CN5CCCC5)c5[nH]nc(NC6COC6)c5n4)ccc3C2=O)C(=O)N1. The summed E-state index contributed by atoms with van der Waals surface area (Å²) in [6.45, 7) is 4.60. The van der Waals surface area contributed by atoms with E-state index >= 15 is 0 Å². The van der Waals surface area contributed by atoms with Gasteiger partial charge in [0.25, 0.3) is 5.91 Å². The molecule has 38 heavy (non-hydrogen) atoms. The maximum atomic E-state index is 13.1. The second kappa shape index (κ2) is 9.17. The predicted molar refractivity (Wildman–Crippen MR) is 138 cm³/mol. The molecule has 7 rings (SSSR count). The number of anilines is 1. The number of carbonyl (C=O) groups is 3. The van der Waals surface area contributed by atoms with Crippen LogP contribution in [0.15, 0.2) is 24.3 Å². The van der Waals surface area contributed by atoms with E-state index in [1.165, 1.54) is 12.8 Å². The molecule has 0 spiro atoms. The number of benzene rings is 1. The summed E-state index contributed by atoms with van der Waals surface area (Å²) in [6, 6.07) is 7.45. The number of pyridine rings is 1. The van der Waals surface area contributed by atoms with Crippen molar-refractivity contribution in [3.05, 3.63) is 41.0 Å². The first-order valence-electron chi connectivity index (χ1n) is 13.3. The number of hydrogen-bond donors (Lipinski definition) is 3. The number of carbonyl (C=O) groups excluding carboxylic acids is 3. The van der Waals surface area contributed by atoms with Gasteiger partial charge in [0.1, 0.15) is 11.6 Å². The highest BCUT2D eigenvalue weighted by atomic mass is 16.5. The molecule has 6 heterocycles. The lowest BCUT2D eigenvalue weighted by Crippen LogP contribution is -2.52. The number of hydrogen-bond acceptors (Lipinski definition) is 8. The predicted octanol–water partition coefficient (Wildman–Crippen LogP) is 1.79. The zero-order valence-corrected chi connectivity index (χ0v) is 21.0. The third-order valence-corrected chi connectivity index (χ3v) is 8.00. The zero-order valence-electron chi connectivity index (χ0n) is 21.0. The van der Waals surface area contributed by atoms with Crippen molar-refractivity contribution >= 4 is 34.6 Å². The Hall–Kier alpha value is -3.83. The molecule has 0 bridgehead atoms. The second-order valence-corrected chi connectivity index (χ2v) is 10.6. The molecular formula is C27H29N7O4. The van der Waals surface area contributed by atoms with Gasteiger partial charge in [0.05, 0.1) is 30.5 Å². The highest BCUT2D eigenvalue weighted by Crippen LogP contribution is 2.33. The lowest BCUT2D eigenvalue weighted by Gasteiger charge is -2.29. The van der Waals surface area contributed by atoms with Gasteiger partial charge in [-0.25, -0.2) is 4.98 Å². The van der Waals surface area contributed by atoms with Crippen LogP contribution in [0.2, 0.25) is 0 Å². The number of nitrogens with zero attached hydrogens (tertiary/aromatic N) is 4. The van der Waals surface area contributed by atoms with E-state index < -0.39 is 11.9 Å². The number of likely N-dealkylation sites (tertiary alicyclic amines) is 1. The maximum absolute atomic E-state index is 13.1. The Bertz CT molecular complexity index is 1460. The number of nitrogens with one attached hydrogen (secondary N) is 3. The average Bonchev–Trinajstić information content (AvgIpc) is 3.61. The van der Waals surface area contributed by atoms with Gasteiger partial charge in [-0.2, -0.15) is 5.10 Å². The number of fused-ring (bicyclic) bond motifs is 2. The molecule has 3 saturated heterocycles. The van der Waals surface area contributed by atoms with Crippen molar-refractivity contribution < 1.29 is 19.1 Å². The Morgan fingerprint density at radius 2 is 1.95 bits per heavy atom. The smallest absolute Gasteiger partial charge is 0.255 e. The number of piperidine rings is 1. The molecule has 2 aromatic heterocycles. The number of aromatic nitrogens is 3. The standard InChI is InChI=1S/C27H29N7O4/c35-22-6-5-21(26(36)30-22)34-12-16-9-15(3-4-19(16)27(34)37)20-10-17(11-33-7-1-2-8-33)23-24(29-20)25(32-31-23)28-18-13-38-14-18/h3-4,9-10,18,21H,1-2,5-8,11-14H2,(H2,28,31,32)(H,30,35,36). The van der Waals surface area contributed by atoms with Crippen molar-refractivity contribution in [2.75, 3.05) is 31.6 Å². The van der Waals surface area contributed by atoms with Crippen LogP contribution in [0, 0.1) is 0 Å². The Morgan fingerprint density at radius 1 is 1.11 bits per heavy atom. The molecule has 0 saturated carbocycles. The molecule has 3 N–H and O–H groups in total. The van der Waals surface area contributed by atoms with E-state index in [0.717, 1.165) is 58.9 Å². The minimum absolute atomic E-state index is 0.178. The Balaban J connectivity index is 1.23. The molecule has 196 valence electrons. The van der Waals surface area contributed by atoms with Crippen LogP contribution >= 0.6 is 0 Å². The summed E-state index contributed by atoms with van der Waals surface area (Å²) in [5.41, 5.74) is 6.04. The lowest BCUT2D eigenvalue weighted by molar-refractivity contribution is -0.136. The van der Waals surface area contributed by atoms with E-state index in [1.807, 2.05) is 18.2 Å². The van der Waals surface area contributed by atoms with Crippen LogP contribution in [-0.4, -0.2) is 81.1 Å². The van der Waals surface area contributed by atoms with Gasteiger partial charge in [0, 0.05) is 30.6 Å². The quantitative estimate of drug-likeness (QED) is 0.424. The van der Waals surface area contributed by atoms with Crippen molar-refractivity contribution in [2.45, 2.75) is 50.9 Å². The van der Waals surface area contributed by atoms with E-state index in [4.69, 9.17) is 9.72 Å². The third kappa shape index (κ3) is 4.02. The van der Waals surface area contributed by atoms with E-state index in [1.54, 1.807) is 4.90 Å². The molecule has 4 aliphatic rings. The van der Waals surface area contributed by atoms with Crippen LogP contribution in [0.25, 0.3) is 22.3 Å². The van der Waals surface area contributed by atoms with E-state index in [-0.39, 0.29) is 24.3 Å². The van der Waals surface area contributed by atoms with E-state index in [0.29, 0.717) is 31.7 Å². The van der Waals surface area contributed by atoms with Crippen LogP contribution in [-0.2, 0) is 27.4 Å². The van der Waals surface area contributed by atoms with Crippen molar-refractivity contribution in [3.8, 4) is 11.3 Å². The van der Waals surface area contributed by atoms with Gasteiger partial charge in [-0.1, -0.05) is 6.07 Å². The summed E-state index contributed by atoms with van der Waals surface area (Å²) < 4.78 is 5.32. The summed E-state index contributed by atoms with van der Waals surface area (Å²) in [7, 11) is 0. The van der Waals surface area contributed by atoms with Gasteiger partial charge in [-0.3, -0.25) is 29.7 Å². The monoisotopic (exact) mass is 515 g/mol. The van der Waals surface area contributed by atoms with Crippen molar-refractivity contribution in [1.82, 2.24) is 30.3 Å². The molecule has 11 nitrogen and oxygen atoms in total. The van der Waals surface area contributed by atoms with Crippen molar-refractivity contribution in [1.29, 1.82) is 0 Å². The Kier molecular flexibility index (Phi) is 5.62. The van der Waals surface area contributed by atoms with Crippen LogP contribution in [0.3, 0.4) is 0 Å². The Labute approximate surface area is 218 Å². The first-order valence-corrected chi connectivity index (χ1v) is 13.3. The Morgan fingerprint density at radius 3 is 2.71 bits per heavy atom. The molecular weight excluding hydrogens is 486 g/mol. The highest BCUT2D eigenvalue weighted by Gasteiger charge is 2.39. The maximum Gasteiger partial charge on any atom is 0.255 e. The zero-order chi connectivity index (χ0) is 25.8. The fourth-order valence-corrected chi connectivity index (χ4v) is 5.86. The molecule has 0 radical (unpaired) electrons. The van der Waals surface area contributed by atoms with Crippen LogP contribution in [0.4, 0.5) is 5.82 Å². The molecule has 4 aliphatic heterocycles. The first kappa shape index (κ1) is 23.3. The van der Waals surface area contributed by atoms with Crippen LogP contribution < -0.4 is 10.6 Å². The molecule has 3 fully saturated rings. The van der Waals surface area contributed by atoms with Crippen molar-refractivity contribution in [2.24, 2.45) is 0 Å². The highest BCUT2D eigenvalue weighted by molar-refractivity contribution is 6.05. The molecule has 0 aliphatic carbocycles. The normalized spacial score (nSPS) is 22.2. The molecule has 3 aromatic rings. The molecule has 1 atom stereocenters. The van der Waals surface area contributed by atoms with Gasteiger partial charge in [0.2, 0.25) is 11.8 Å².